The van der Waals surface area contributed by atoms with E-state index in [1.807, 2.05) is 13.0 Å². The van der Waals surface area contributed by atoms with Crippen LogP contribution in [0.3, 0.4) is 0 Å². The van der Waals surface area contributed by atoms with Crippen molar-refractivity contribution in [3.63, 3.8) is 0 Å². The number of halogens is 1. The first-order chi connectivity index (χ1) is 10.4. The minimum Gasteiger partial charge on any atom is -0.463 e. The number of rotatable bonds is 5. The summed E-state index contributed by atoms with van der Waals surface area (Å²) in [6, 6.07) is 3.61. The normalized spacial score (nSPS) is 24.0. The van der Waals surface area contributed by atoms with Gasteiger partial charge in [-0.3, -0.25) is 4.99 Å². The predicted octanol–water partition coefficient (Wildman–Crippen LogP) is 1.74. The molecule has 3 unspecified atom stereocenters. The van der Waals surface area contributed by atoms with Gasteiger partial charge in [-0.15, -0.1) is 24.0 Å². The maximum Gasteiger partial charge on any atom is 0.191 e. The zero-order valence-corrected chi connectivity index (χ0v) is 16.3. The van der Waals surface area contributed by atoms with E-state index in [-0.39, 0.29) is 42.5 Å². The lowest BCUT2D eigenvalue weighted by Crippen LogP contribution is -2.46. The summed E-state index contributed by atoms with van der Waals surface area (Å²) in [6.07, 6.45) is 2.77. The number of hydrogen-bond acceptors (Lipinski definition) is 4. The smallest absolute Gasteiger partial charge is 0.191 e. The number of nitrogens with one attached hydrogen (secondary N) is 2. The van der Waals surface area contributed by atoms with Gasteiger partial charge in [-0.05, 0) is 38.8 Å². The van der Waals surface area contributed by atoms with Gasteiger partial charge >= 0.3 is 0 Å². The van der Waals surface area contributed by atoms with Crippen molar-refractivity contribution in [2.45, 2.75) is 44.8 Å². The van der Waals surface area contributed by atoms with Crippen LogP contribution in [0.4, 0.5) is 0 Å². The Morgan fingerprint density at radius 3 is 2.65 bits per heavy atom. The van der Waals surface area contributed by atoms with Crippen LogP contribution in [0.5, 0.6) is 0 Å². The zero-order chi connectivity index (χ0) is 16.2. The lowest BCUT2D eigenvalue weighted by molar-refractivity contribution is 0.0377. The van der Waals surface area contributed by atoms with Crippen LogP contribution in [0, 0.1) is 12.8 Å². The maximum atomic E-state index is 10.5. The van der Waals surface area contributed by atoms with Crippen LogP contribution in [-0.2, 0) is 5.60 Å². The quantitative estimate of drug-likeness (QED) is 0.320. The van der Waals surface area contributed by atoms with Crippen molar-refractivity contribution in [2.75, 3.05) is 20.1 Å². The molecule has 1 aromatic heterocycles. The molecule has 132 valence electrons. The van der Waals surface area contributed by atoms with Crippen LogP contribution in [-0.4, -0.2) is 42.4 Å². The molecule has 1 aromatic rings. The number of aliphatic hydroxyl groups excluding tert-OH is 1. The fraction of sp³-hybridized carbons (Fsp3) is 0.688. The van der Waals surface area contributed by atoms with Crippen molar-refractivity contribution in [1.29, 1.82) is 0 Å². The van der Waals surface area contributed by atoms with E-state index < -0.39 is 5.60 Å². The van der Waals surface area contributed by atoms with Gasteiger partial charge in [0.05, 0.1) is 12.6 Å². The van der Waals surface area contributed by atoms with Crippen molar-refractivity contribution >= 4 is 29.9 Å². The highest BCUT2D eigenvalue weighted by molar-refractivity contribution is 14.0. The van der Waals surface area contributed by atoms with E-state index in [0.717, 1.165) is 25.0 Å². The van der Waals surface area contributed by atoms with Crippen LogP contribution in [0.25, 0.3) is 0 Å². The Kier molecular flexibility index (Phi) is 7.82. The highest BCUT2D eigenvalue weighted by atomic mass is 127. The van der Waals surface area contributed by atoms with Crippen LogP contribution >= 0.6 is 24.0 Å². The van der Waals surface area contributed by atoms with Gasteiger partial charge in [0.25, 0.3) is 0 Å². The molecule has 0 saturated heterocycles. The van der Waals surface area contributed by atoms with Crippen LogP contribution in [0.2, 0.25) is 0 Å². The number of aliphatic hydroxyl groups is 2. The second-order valence-electron chi connectivity index (χ2n) is 6.25. The van der Waals surface area contributed by atoms with Crippen molar-refractivity contribution in [2.24, 2.45) is 10.9 Å². The molecule has 2 rings (SSSR count). The van der Waals surface area contributed by atoms with Crippen LogP contribution in [0.15, 0.2) is 21.5 Å². The molecule has 0 aliphatic heterocycles. The summed E-state index contributed by atoms with van der Waals surface area (Å²) < 4.78 is 5.49. The third-order valence-electron chi connectivity index (χ3n) is 4.25. The van der Waals surface area contributed by atoms with E-state index in [0.29, 0.717) is 18.3 Å². The summed E-state index contributed by atoms with van der Waals surface area (Å²) in [5.41, 5.74) is -1.11. The van der Waals surface area contributed by atoms with Gasteiger partial charge in [0.2, 0.25) is 0 Å². The van der Waals surface area contributed by atoms with Gasteiger partial charge < -0.3 is 25.3 Å². The third kappa shape index (κ3) is 5.65. The molecule has 0 aromatic carbocycles. The fourth-order valence-corrected chi connectivity index (χ4v) is 2.77. The molecule has 1 aliphatic carbocycles. The largest absolute Gasteiger partial charge is 0.463 e. The number of hydrogen-bond donors (Lipinski definition) is 4. The molecule has 1 heterocycles. The lowest BCUT2D eigenvalue weighted by atomic mass is 10.0. The summed E-state index contributed by atoms with van der Waals surface area (Å²) in [5.74, 6) is 2.18. The molecule has 1 aliphatic rings. The number of aryl methyl sites for hydroxylation is 1. The average Bonchev–Trinajstić information content (AvgIpc) is 3.08. The maximum absolute atomic E-state index is 10.5. The second-order valence-corrected chi connectivity index (χ2v) is 6.25. The zero-order valence-electron chi connectivity index (χ0n) is 14.0. The van der Waals surface area contributed by atoms with E-state index in [9.17, 15) is 10.2 Å². The lowest BCUT2D eigenvalue weighted by Gasteiger charge is -2.23. The van der Waals surface area contributed by atoms with E-state index in [1.54, 1.807) is 20.0 Å². The molecule has 1 saturated carbocycles. The molecule has 23 heavy (non-hydrogen) atoms. The molecule has 3 atom stereocenters. The SMILES string of the molecule is CN=C(NCC1CCCC1O)NCC(C)(O)c1ccc(C)o1.I. The molecule has 1 fully saturated rings. The Bertz CT molecular complexity index is 516. The molecule has 0 amide bonds. The molecule has 0 radical (unpaired) electrons. The van der Waals surface area contributed by atoms with Crippen molar-refractivity contribution in [1.82, 2.24) is 10.6 Å². The number of nitrogens with zero attached hydrogens (tertiary/aromatic N) is 1. The molecular formula is C16H28IN3O3. The first-order valence-electron chi connectivity index (χ1n) is 7.84. The van der Waals surface area contributed by atoms with Gasteiger partial charge in [-0.1, -0.05) is 6.42 Å². The van der Waals surface area contributed by atoms with Crippen LogP contribution in [0.1, 0.15) is 37.7 Å². The first-order valence-corrected chi connectivity index (χ1v) is 7.84. The van der Waals surface area contributed by atoms with Gasteiger partial charge in [-0.25, -0.2) is 0 Å². The molecular weight excluding hydrogens is 409 g/mol. The summed E-state index contributed by atoms with van der Waals surface area (Å²) >= 11 is 0. The Balaban J connectivity index is 0.00000264. The van der Waals surface area contributed by atoms with Crippen molar-refractivity contribution < 1.29 is 14.6 Å². The fourth-order valence-electron chi connectivity index (χ4n) is 2.77. The number of furan rings is 1. The Morgan fingerprint density at radius 1 is 1.39 bits per heavy atom. The van der Waals surface area contributed by atoms with Crippen molar-refractivity contribution in [3.8, 4) is 0 Å². The van der Waals surface area contributed by atoms with E-state index in [1.165, 1.54) is 0 Å². The first kappa shape index (κ1) is 20.2. The third-order valence-corrected chi connectivity index (χ3v) is 4.25. The van der Waals surface area contributed by atoms with Gasteiger partial charge in [0, 0.05) is 19.5 Å². The molecule has 0 bridgehead atoms. The highest BCUT2D eigenvalue weighted by Crippen LogP contribution is 2.24. The predicted molar refractivity (Wildman–Crippen MR) is 101 cm³/mol. The molecule has 4 N–H and O–H groups in total. The molecule has 7 heteroatoms. The standard InChI is InChI=1S/C16H27N3O3.HI/c1-11-7-8-14(22-11)16(2,21)10-19-15(17-3)18-9-12-5-4-6-13(12)20;/h7-8,12-13,20-21H,4-6,9-10H2,1-3H3,(H2,17,18,19);1H. The average molecular weight is 437 g/mol. The minimum absolute atomic E-state index is 0. The Labute approximate surface area is 154 Å². The summed E-state index contributed by atoms with van der Waals surface area (Å²) in [6.45, 7) is 4.52. The monoisotopic (exact) mass is 437 g/mol. The summed E-state index contributed by atoms with van der Waals surface area (Å²) in [7, 11) is 1.69. The Hall–Kier alpha value is -0.800. The highest BCUT2D eigenvalue weighted by Gasteiger charge is 2.28. The Morgan fingerprint density at radius 2 is 2.13 bits per heavy atom. The molecule has 6 nitrogen and oxygen atoms in total. The topological polar surface area (TPSA) is 90.0 Å². The van der Waals surface area contributed by atoms with E-state index >= 15 is 0 Å². The number of aliphatic imine (C=N–C) groups is 1. The van der Waals surface area contributed by atoms with Crippen molar-refractivity contribution in [3.05, 3.63) is 23.7 Å². The summed E-state index contributed by atoms with van der Waals surface area (Å²) in [5, 5.41) is 26.6. The summed E-state index contributed by atoms with van der Waals surface area (Å²) in [4.78, 5) is 4.15. The van der Waals surface area contributed by atoms with Gasteiger partial charge in [0.15, 0.2) is 5.96 Å². The van der Waals surface area contributed by atoms with Gasteiger partial charge in [-0.2, -0.15) is 0 Å². The van der Waals surface area contributed by atoms with Gasteiger partial charge in [0.1, 0.15) is 17.1 Å². The van der Waals surface area contributed by atoms with Crippen LogP contribution < -0.4 is 10.6 Å². The van der Waals surface area contributed by atoms with E-state index in [4.69, 9.17) is 4.42 Å². The number of guanidine groups is 1. The molecule has 0 spiro atoms. The second kappa shape index (κ2) is 8.89. The minimum atomic E-state index is -1.11. The van der Waals surface area contributed by atoms with E-state index in [2.05, 4.69) is 15.6 Å².